The van der Waals surface area contributed by atoms with Gasteiger partial charge in [-0.1, -0.05) is 6.07 Å². The van der Waals surface area contributed by atoms with Crippen molar-refractivity contribution in [2.75, 3.05) is 6.54 Å². The third-order valence-electron chi connectivity index (χ3n) is 2.28. The van der Waals surface area contributed by atoms with Crippen LogP contribution in [0.5, 0.6) is 0 Å². The van der Waals surface area contributed by atoms with Crippen LogP contribution >= 0.6 is 38.6 Å². The lowest BCUT2D eigenvalue weighted by Gasteiger charge is -2.03. The summed E-state index contributed by atoms with van der Waals surface area (Å²) in [5.74, 6) is 0.510. The summed E-state index contributed by atoms with van der Waals surface area (Å²) in [6.45, 7) is 1.46. The van der Waals surface area contributed by atoms with Gasteiger partial charge in [-0.25, -0.2) is 4.99 Å². The number of nitrogens with one attached hydrogen (secondary N) is 1. The van der Waals surface area contributed by atoms with E-state index < -0.39 is 0 Å². The van der Waals surface area contributed by atoms with Gasteiger partial charge in [0, 0.05) is 26.2 Å². The molecule has 0 atom stereocenters. The van der Waals surface area contributed by atoms with Crippen molar-refractivity contribution in [2.45, 2.75) is 13.0 Å². The van der Waals surface area contributed by atoms with E-state index in [-0.39, 0.29) is 0 Å². The average Bonchev–Trinajstić information content (AvgIpc) is 2.98. The van der Waals surface area contributed by atoms with Crippen molar-refractivity contribution < 1.29 is 0 Å². The lowest BCUT2D eigenvalue weighted by molar-refractivity contribution is 0.858. The molecule has 3 N–H and O–H groups in total. The molecule has 2 heterocycles. The highest BCUT2D eigenvalue weighted by Gasteiger charge is 1.98. The zero-order valence-corrected chi connectivity index (χ0v) is 12.9. The van der Waals surface area contributed by atoms with E-state index in [0.29, 0.717) is 12.5 Å². The molecule has 0 aromatic carbocycles. The Bertz CT molecular complexity index is 505. The Morgan fingerprint density at radius 1 is 1.39 bits per heavy atom. The number of nitrogens with two attached hydrogens (primary N) is 1. The first-order chi connectivity index (χ1) is 8.74. The number of rotatable bonds is 5. The van der Waals surface area contributed by atoms with Gasteiger partial charge in [0.1, 0.15) is 0 Å². The highest BCUT2D eigenvalue weighted by molar-refractivity contribution is 9.10. The Morgan fingerprint density at radius 3 is 2.94 bits per heavy atom. The number of halogens is 1. The summed E-state index contributed by atoms with van der Waals surface area (Å²) in [6, 6.07) is 6.25. The molecule has 0 bridgehead atoms. The maximum Gasteiger partial charge on any atom is 0.188 e. The first kappa shape index (κ1) is 13.6. The van der Waals surface area contributed by atoms with Crippen molar-refractivity contribution in [3.63, 3.8) is 0 Å². The van der Waals surface area contributed by atoms with E-state index in [0.717, 1.165) is 17.4 Å². The first-order valence-electron chi connectivity index (χ1n) is 5.53. The van der Waals surface area contributed by atoms with Crippen molar-refractivity contribution in [3.8, 4) is 0 Å². The molecule has 0 radical (unpaired) electrons. The van der Waals surface area contributed by atoms with Gasteiger partial charge in [0.05, 0.1) is 6.54 Å². The second-order valence-electron chi connectivity index (χ2n) is 3.69. The molecule has 0 aliphatic rings. The van der Waals surface area contributed by atoms with Crippen LogP contribution in [0.4, 0.5) is 0 Å². The number of guanidine groups is 1. The van der Waals surface area contributed by atoms with Gasteiger partial charge in [-0.3, -0.25) is 0 Å². The number of hydrogen-bond acceptors (Lipinski definition) is 3. The van der Waals surface area contributed by atoms with E-state index >= 15 is 0 Å². The zero-order chi connectivity index (χ0) is 12.8. The lowest BCUT2D eigenvalue weighted by Crippen LogP contribution is -2.33. The summed E-state index contributed by atoms with van der Waals surface area (Å²) < 4.78 is 1.10. The van der Waals surface area contributed by atoms with Crippen LogP contribution in [-0.4, -0.2) is 12.5 Å². The molecule has 0 aliphatic heterocycles. The van der Waals surface area contributed by atoms with Crippen LogP contribution in [-0.2, 0) is 13.0 Å². The number of thiophene rings is 2. The van der Waals surface area contributed by atoms with Crippen LogP contribution in [0.1, 0.15) is 9.75 Å². The maximum atomic E-state index is 5.80. The number of nitrogens with zero attached hydrogens (tertiary/aromatic N) is 1. The Kier molecular flexibility index (Phi) is 5.22. The molecule has 6 heteroatoms. The molecule has 0 aliphatic carbocycles. The molecule has 0 fully saturated rings. The third-order valence-corrected chi connectivity index (χ3v) is 4.90. The molecule has 0 saturated carbocycles. The zero-order valence-electron chi connectivity index (χ0n) is 9.73. The molecule has 0 spiro atoms. The highest BCUT2D eigenvalue weighted by Crippen LogP contribution is 2.20. The predicted octanol–water partition coefficient (Wildman–Crippen LogP) is 3.22. The van der Waals surface area contributed by atoms with Crippen molar-refractivity contribution in [1.82, 2.24) is 5.32 Å². The topological polar surface area (TPSA) is 50.4 Å². The molecule has 2 aromatic heterocycles. The van der Waals surface area contributed by atoms with Gasteiger partial charge in [0.25, 0.3) is 0 Å². The smallest absolute Gasteiger partial charge is 0.188 e. The molecule has 2 aromatic rings. The van der Waals surface area contributed by atoms with E-state index in [2.05, 4.69) is 49.8 Å². The lowest BCUT2D eigenvalue weighted by atomic mass is 10.3. The van der Waals surface area contributed by atoms with Crippen LogP contribution in [0.2, 0.25) is 0 Å². The summed E-state index contributed by atoms with van der Waals surface area (Å²) in [5.41, 5.74) is 5.80. The SMILES string of the molecule is NC(=NCc1cc(Br)cs1)NCCc1cccs1. The summed E-state index contributed by atoms with van der Waals surface area (Å²) in [5, 5.41) is 7.26. The van der Waals surface area contributed by atoms with Crippen molar-refractivity contribution in [3.05, 3.63) is 43.2 Å². The van der Waals surface area contributed by atoms with Crippen LogP contribution in [0.25, 0.3) is 0 Å². The van der Waals surface area contributed by atoms with Gasteiger partial charge in [-0.2, -0.15) is 0 Å². The van der Waals surface area contributed by atoms with Gasteiger partial charge in [-0.05, 0) is 39.9 Å². The summed E-state index contributed by atoms with van der Waals surface area (Å²) in [7, 11) is 0. The first-order valence-corrected chi connectivity index (χ1v) is 8.08. The van der Waals surface area contributed by atoms with Gasteiger partial charge >= 0.3 is 0 Å². The Hall–Kier alpha value is -0.850. The Labute approximate surface area is 123 Å². The fraction of sp³-hybridized carbons (Fsp3) is 0.250. The van der Waals surface area contributed by atoms with Gasteiger partial charge in [-0.15, -0.1) is 22.7 Å². The second kappa shape index (κ2) is 6.92. The molecule has 0 saturated heterocycles. The monoisotopic (exact) mass is 343 g/mol. The van der Waals surface area contributed by atoms with Crippen molar-refractivity contribution in [1.29, 1.82) is 0 Å². The van der Waals surface area contributed by atoms with E-state index in [1.807, 2.05) is 5.38 Å². The third kappa shape index (κ3) is 4.44. The van der Waals surface area contributed by atoms with Crippen LogP contribution < -0.4 is 11.1 Å². The predicted molar refractivity (Wildman–Crippen MR) is 83.4 cm³/mol. The van der Waals surface area contributed by atoms with Crippen LogP contribution in [0, 0.1) is 0 Å². The second-order valence-corrected chi connectivity index (χ2v) is 6.63. The van der Waals surface area contributed by atoms with E-state index in [1.54, 1.807) is 22.7 Å². The van der Waals surface area contributed by atoms with E-state index in [1.165, 1.54) is 9.75 Å². The molecule has 96 valence electrons. The minimum atomic E-state index is 0.510. The largest absolute Gasteiger partial charge is 0.370 e. The Balaban J connectivity index is 1.72. The van der Waals surface area contributed by atoms with Crippen LogP contribution in [0.3, 0.4) is 0 Å². The average molecular weight is 344 g/mol. The molecule has 3 nitrogen and oxygen atoms in total. The quantitative estimate of drug-likeness (QED) is 0.646. The molecular formula is C12H14BrN3S2. The molecular weight excluding hydrogens is 330 g/mol. The summed E-state index contributed by atoms with van der Waals surface area (Å²) in [6.07, 6.45) is 0.985. The minimum absolute atomic E-state index is 0.510. The van der Waals surface area contributed by atoms with Crippen molar-refractivity contribution in [2.24, 2.45) is 10.7 Å². The van der Waals surface area contributed by atoms with Crippen LogP contribution in [0.15, 0.2) is 38.4 Å². The minimum Gasteiger partial charge on any atom is -0.370 e. The van der Waals surface area contributed by atoms with Gasteiger partial charge in [0.2, 0.25) is 0 Å². The standard InChI is InChI=1S/C12H14BrN3S2/c13-9-6-11(18-8-9)7-16-12(14)15-4-3-10-2-1-5-17-10/h1-2,5-6,8H,3-4,7H2,(H3,14,15,16). The van der Waals surface area contributed by atoms with Gasteiger partial charge < -0.3 is 11.1 Å². The molecule has 0 unspecified atom stereocenters. The normalized spacial score (nSPS) is 11.7. The van der Waals surface area contributed by atoms with Gasteiger partial charge in [0.15, 0.2) is 5.96 Å². The molecule has 0 amide bonds. The fourth-order valence-electron chi connectivity index (χ4n) is 1.42. The molecule has 18 heavy (non-hydrogen) atoms. The number of hydrogen-bond donors (Lipinski definition) is 2. The fourth-order valence-corrected chi connectivity index (χ4v) is 3.51. The highest BCUT2D eigenvalue weighted by atomic mass is 79.9. The van der Waals surface area contributed by atoms with Crippen molar-refractivity contribution >= 4 is 44.6 Å². The van der Waals surface area contributed by atoms with E-state index in [9.17, 15) is 0 Å². The Morgan fingerprint density at radius 2 is 2.28 bits per heavy atom. The number of aliphatic imine (C=N–C) groups is 1. The summed E-state index contributed by atoms with van der Waals surface area (Å²) >= 11 is 6.86. The maximum absolute atomic E-state index is 5.80. The summed E-state index contributed by atoms with van der Waals surface area (Å²) in [4.78, 5) is 6.86. The molecule has 2 rings (SSSR count). The van der Waals surface area contributed by atoms with E-state index in [4.69, 9.17) is 5.73 Å².